The summed E-state index contributed by atoms with van der Waals surface area (Å²) in [6, 6.07) is 1.42. The van der Waals surface area contributed by atoms with Crippen molar-refractivity contribution in [3.63, 3.8) is 0 Å². The highest BCUT2D eigenvalue weighted by molar-refractivity contribution is 5.05. The van der Waals surface area contributed by atoms with Crippen molar-refractivity contribution in [3.05, 3.63) is 17.3 Å². The van der Waals surface area contributed by atoms with Gasteiger partial charge in [-0.25, -0.2) is 4.98 Å². The van der Waals surface area contributed by atoms with Crippen molar-refractivity contribution in [2.75, 3.05) is 19.6 Å². The van der Waals surface area contributed by atoms with Gasteiger partial charge in [0.2, 0.25) is 5.89 Å². The Bertz CT molecular complexity index is 423. The van der Waals surface area contributed by atoms with E-state index in [4.69, 9.17) is 4.42 Å². The minimum Gasteiger partial charge on any atom is -0.444 e. The van der Waals surface area contributed by atoms with Gasteiger partial charge in [-0.15, -0.1) is 0 Å². The third-order valence-electron chi connectivity index (χ3n) is 4.79. The second-order valence-electron chi connectivity index (χ2n) is 6.03. The zero-order chi connectivity index (χ0) is 13.4. The fourth-order valence-corrected chi connectivity index (χ4v) is 3.51. The number of aromatic nitrogens is 1. The first-order valence-corrected chi connectivity index (χ1v) is 7.58. The van der Waals surface area contributed by atoms with Gasteiger partial charge in [-0.1, -0.05) is 6.92 Å². The number of piperazine rings is 1. The molecule has 3 heterocycles. The largest absolute Gasteiger partial charge is 0.444 e. The summed E-state index contributed by atoms with van der Waals surface area (Å²) in [5.74, 6) is 1.85. The third-order valence-corrected chi connectivity index (χ3v) is 4.79. The maximum atomic E-state index is 5.75. The van der Waals surface area contributed by atoms with Crippen LogP contribution >= 0.6 is 0 Å². The summed E-state index contributed by atoms with van der Waals surface area (Å²) < 4.78 is 5.75. The minimum absolute atomic E-state index is 0.655. The van der Waals surface area contributed by atoms with E-state index in [0.29, 0.717) is 6.04 Å². The van der Waals surface area contributed by atoms with E-state index >= 15 is 0 Å². The van der Waals surface area contributed by atoms with E-state index in [1.807, 2.05) is 13.8 Å². The normalized spacial score (nSPS) is 28.8. The van der Waals surface area contributed by atoms with Crippen molar-refractivity contribution in [1.82, 2.24) is 14.8 Å². The summed E-state index contributed by atoms with van der Waals surface area (Å²) in [6.07, 6.45) is 3.94. The third kappa shape index (κ3) is 2.56. The molecule has 2 atom stereocenters. The van der Waals surface area contributed by atoms with Gasteiger partial charge < -0.3 is 4.42 Å². The summed E-state index contributed by atoms with van der Waals surface area (Å²) in [4.78, 5) is 9.79. The summed E-state index contributed by atoms with van der Waals surface area (Å²) in [5, 5.41) is 0. The summed E-state index contributed by atoms with van der Waals surface area (Å²) >= 11 is 0. The monoisotopic (exact) mass is 263 g/mol. The van der Waals surface area contributed by atoms with Gasteiger partial charge in [0.05, 0.1) is 12.2 Å². The molecule has 4 nitrogen and oxygen atoms in total. The smallest absolute Gasteiger partial charge is 0.208 e. The van der Waals surface area contributed by atoms with Crippen LogP contribution in [0.4, 0.5) is 0 Å². The Hall–Kier alpha value is -0.870. The SMILES string of the molecule is CCC1CN2CCCC2CN1Cc1nc(C)c(C)o1. The average Bonchev–Trinajstić information content (AvgIpc) is 2.95. The van der Waals surface area contributed by atoms with E-state index < -0.39 is 0 Å². The molecule has 0 saturated carbocycles. The molecule has 1 aromatic rings. The first-order chi connectivity index (χ1) is 9.17. The average molecular weight is 263 g/mol. The molecule has 2 unspecified atom stereocenters. The number of aryl methyl sites for hydroxylation is 2. The van der Waals surface area contributed by atoms with Crippen LogP contribution in [-0.4, -0.2) is 46.5 Å². The molecule has 2 aliphatic heterocycles. The molecule has 0 N–H and O–H groups in total. The summed E-state index contributed by atoms with van der Waals surface area (Å²) in [7, 11) is 0. The van der Waals surface area contributed by atoms with Gasteiger partial charge >= 0.3 is 0 Å². The zero-order valence-corrected chi connectivity index (χ0v) is 12.4. The lowest BCUT2D eigenvalue weighted by Crippen LogP contribution is -2.55. The number of oxazole rings is 1. The predicted octanol–water partition coefficient (Wildman–Crippen LogP) is 2.35. The molecule has 2 saturated heterocycles. The Balaban J connectivity index is 1.71. The molecule has 0 radical (unpaired) electrons. The molecular formula is C15H25N3O. The van der Waals surface area contributed by atoms with Crippen LogP contribution in [-0.2, 0) is 6.54 Å². The molecule has 19 heavy (non-hydrogen) atoms. The number of nitrogens with zero attached hydrogens (tertiary/aromatic N) is 3. The van der Waals surface area contributed by atoms with E-state index in [1.165, 1.54) is 38.9 Å². The Labute approximate surface area is 115 Å². The van der Waals surface area contributed by atoms with E-state index in [2.05, 4.69) is 21.7 Å². The highest BCUT2D eigenvalue weighted by Crippen LogP contribution is 2.27. The molecule has 0 spiro atoms. The first kappa shape index (κ1) is 13.1. The zero-order valence-electron chi connectivity index (χ0n) is 12.4. The fourth-order valence-electron chi connectivity index (χ4n) is 3.51. The van der Waals surface area contributed by atoms with Gasteiger partial charge in [-0.2, -0.15) is 0 Å². The molecule has 2 aliphatic rings. The number of hydrogen-bond donors (Lipinski definition) is 0. The maximum absolute atomic E-state index is 5.75. The van der Waals surface area contributed by atoms with Crippen LogP contribution in [0.1, 0.15) is 43.5 Å². The second-order valence-corrected chi connectivity index (χ2v) is 6.03. The highest BCUT2D eigenvalue weighted by Gasteiger charge is 2.35. The molecule has 2 fully saturated rings. The summed E-state index contributed by atoms with van der Waals surface area (Å²) in [6.45, 7) is 10.9. The quantitative estimate of drug-likeness (QED) is 0.838. The topological polar surface area (TPSA) is 32.5 Å². The van der Waals surface area contributed by atoms with E-state index in [9.17, 15) is 0 Å². The lowest BCUT2D eigenvalue weighted by atomic mass is 10.1. The Kier molecular flexibility index (Phi) is 3.63. The van der Waals surface area contributed by atoms with Crippen LogP contribution in [0.25, 0.3) is 0 Å². The predicted molar refractivity (Wildman–Crippen MR) is 75.1 cm³/mol. The van der Waals surface area contributed by atoms with E-state index in [0.717, 1.165) is 29.9 Å². The molecule has 0 amide bonds. The van der Waals surface area contributed by atoms with Crippen LogP contribution in [0.5, 0.6) is 0 Å². The molecule has 0 aliphatic carbocycles. The van der Waals surface area contributed by atoms with Crippen molar-refractivity contribution >= 4 is 0 Å². The van der Waals surface area contributed by atoms with Crippen molar-refractivity contribution in [3.8, 4) is 0 Å². The number of fused-ring (bicyclic) bond motifs is 1. The van der Waals surface area contributed by atoms with Gasteiger partial charge in [-0.3, -0.25) is 9.80 Å². The Morgan fingerprint density at radius 3 is 2.84 bits per heavy atom. The fraction of sp³-hybridized carbons (Fsp3) is 0.800. The van der Waals surface area contributed by atoms with Crippen molar-refractivity contribution in [2.24, 2.45) is 0 Å². The summed E-state index contributed by atoms with van der Waals surface area (Å²) in [5.41, 5.74) is 1.03. The minimum atomic E-state index is 0.655. The van der Waals surface area contributed by atoms with E-state index in [-0.39, 0.29) is 0 Å². The molecule has 1 aromatic heterocycles. The van der Waals surface area contributed by atoms with Crippen LogP contribution in [0.3, 0.4) is 0 Å². The lowest BCUT2D eigenvalue weighted by Gasteiger charge is -2.43. The van der Waals surface area contributed by atoms with Crippen LogP contribution in [0.15, 0.2) is 4.42 Å². The van der Waals surface area contributed by atoms with Gasteiger partial charge in [0, 0.05) is 25.2 Å². The maximum Gasteiger partial charge on any atom is 0.208 e. The number of hydrogen-bond acceptors (Lipinski definition) is 4. The molecule has 106 valence electrons. The molecule has 0 bridgehead atoms. The second kappa shape index (κ2) is 5.25. The highest BCUT2D eigenvalue weighted by atomic mass is 16.4. The van der Waals surface area contributed by atoms with Gasteiger partial charge in [-0.05, 0) is 39.7 Å². The molecule has 3 rings (SSSR count). The van der Waals surface area contributed by atoms with Gasteiger partial charge in [0.15, 0.2) is 0 Å². The Morgan fingerprint density at radius 2 is 2.16 bits per heavy atom. The lowest BCUT2D eigenvalue weighted by molar-refractivity contribution is 0.0380. The van der Waals surface area contributed by atoms with Crippen molar-refractivity contribution in [1.29, 1.82) is 0 Å². The van der Waals surface area contributed by atoms with Gasteiger partial charge in [0.1, 0.15) is 5.76 Å². The number of rotatable bonds is 3. The van der Waals surface area contributed by atoms with Crippen molar-refractivity contribution < 1.29 is 4.42 Å². The van der Waals surface area contributed by atoms with Gasteiger partial charge in [0.25, 0.3) is 0 Å². The van der Waals surface area contributed by atoms with E-state index in [1.54, 1.807) is 0 Å². The standard InChI is InChI=1S/C15H25N3O/c1-4-13-8-17-7-5-6-14(17)9-18(13)10-15-16-11(2)12(3)19-15/h13-14H,4-10H2,1-3H3. The molecule has 0 aromatic carbocycles. The Morgan fingerprint density at radius 1 is 1.32 bits per heavy atom. The van der Waals surface area contributed by atoms with Crippen LogP contribution < -0.4 is 0 Å². The molecular weight excluding hydrogens is 238 g/mol. The van der Waals surface area contributed by atoms with Crippen LogP contribution in [0.2, 0.25) is 0 Å². The molecule has 4 heteroatoms. The van der Waals surface area contributed by atoms with Crippen molar-refractivity contribution in [2.45, 2.75) is 58.7 Å². The van der Waals surface area contributed by atoms with Crippen LogP contribution in [0, 0.1) is 13.8 Å². The first-order valence-electron chi connectivity index (χ1n) is 7.58.